The Morgan fingerprint density at radius 1 is 1.37 bits per heavy atom. The van der Waals surface area contributed by atoms with Gasteiger partial charge in [0.2, 0.25) is 5.91 Å². The van der Waals surface area contributed by atoms with E-state index in [9.17, 15) is 4.79 Å². The summed E-state index contributed by atoms with van der Waals surface area (Å²) in [5.41, 5.74) is -0.216. The summed E-state index contributed by atoms with van der Waals surface area (Å²) < 4.78 is 0. The zero-order chi connectivity index (χ0) is 14.0. The second-order valence-corrected chi connectivity index (χ2v) is 6.88. The summed E-state index contributed by atoms with van der Waals surface area (Å²) in [7, 11) is 4.13. The number of rotatable bonds is 5. The molecule has 4 heteroatoms. The van der Waals surface area contributed by atoms with Crippen LogP contribution in [0.5, 0.6) is 0 Å². The molecular weight excluding hydrogens is 238 g/mol. The molecule has 1 heterocycles. The van der Waals surface area contributed by atoms with Crippen molar-refractivity contribution in [2.45, 2.75) is 57.7 Å². The summed E-state index contributed by atoms with van der Waals surface area (Å²) in [6, 6.07) is 0. The molecule has 2 aliphatic rings. The summed E-state index contributed by atoms with van der Waals surface area (Å²) in [5.74, 6) is 0.973. The van der Waals surface area contributed by atoms with Crippen LogP contribution in [0.2, 0.25) is 0 Å². The SMILES string of the molecule is CC(C)CC1NC2(CCCC2)C(=O)N1CCN(C)C. The predicted molar refractivity (Wildman–Crippen MR) is 77.8 cm³/mol. The van der Waals surface area contributed by atoms with Crippen molar-refractivity contribution < 1.29 is 4.79 Å². The van der Waals surface area contributed by atoms with Crippen LogP contribution in [-0.4, -0.2) is 54.6 Å². The van der Waals surface area contributed by atoms with E-state index < -0.39 is 0 Å². The van der Waals surface area contributed by atoms with Gasteiger partial charge in [0.05, 0.1) is 11.7 Å². The molecule has 0 bridgehead atoms. The van der Waals surface area contributed by atoms with Gasteiger partial charge in [-0.2, -0.15) is 0 Å². The number of nitrogens with one attached hydrogen (secondary N) is 1. The molecule has 0 aromatic rings. The van der Waals surface area contributed by atoms with E-state index in [1.54, 1.807) is 0 Å². The summed E-state index contributed by atoms with van der Waals surface area (Å²) >= 11 is 0. The Morgan fingerprint density at radius 3 is 2.53 bits per heavy atom. The molecule has 1 unspecified atom stereocenters. The van der Waals surface area contributed by atoms with E-state index in [0.717, 1.165) is 32.4 Å². The number of carbonyl (C=O) groups excluding carboxylic acids is 1. The Kier molecular flexibility index (Phi) is 4.51. The minimum atomic E-state index is -0.216. The second kappa shape index (κ2) is 5.80. The van der Waals surface area contributed by atoms with Gasteiger partial charge in [0, 0.05) is 13.1 Å². The highest BCUT2D eigenvalue weighted by Crippen LogP contribution is 2.37. The topological polar surface area (TPSA) is 35.6 Å². The molecule has 1 atom stereocenters. The molecule has 19 heavy (non-hydrogen) atoms. The van der Waals surface area contributed by atoms with Crippen molar-refractivity contribution in [2.75, 3.05) is 27.2 Å². The monoisotopic (exact) mass is 267 g/mol. The molecule has 2 fully saturated rings. The third kappa shape index (κ3) is 3.11. The number of nitrogens with zero attached hydrogens (tertiary/aromatic N) is 2. The van der Waals surface area contributed by atoms with Gasteiger partial charge in [-0.1, -0.05) is 26.7 Å². The Hall–Kier alpha value is -0.610. The van der Waals surface area contributed by atoms with E-state index >= 15 is 0 Å². The van der Waals surface area contributed by atoms with E-state index in [1.807, 2.05) is 0 Å². The first kappa shape index (κ1) is 14.8. The maximum Gasteiger partial charge on any atom is 0.244 e. The highest BCUT2D eigenvalue weighted by atomic mass is 16.2. The van der Waals surface area contributed by atoms with Crippen LogP contribution in [0.25, 0.3) is 0 Å². The van der Waals surface area contributed by atoms with Crippen molar-refractivity contribution in [1.29, 1.82) is 0 Å². The quantitative estimate of drug-likeness (QED) is 0.823. The molecule has 2 rings (SSSR count). The molecule has 1 spiro atoms. The zero-order valence-electron chi connectivity index (χ0n) is 12.9. The van der Waals surface area contributed by atoms with Gasteiger partial charge in [-0.3, -0.25) is 10.1 Å². The number of amides is 1. The molecule has 0 aromatic carbocycles. The summed E-state index contributed by atoms with van der Waals surface area (Å²) in [6.45, 7) is 6.25. The maximum atomic E-state index is 12.8. The maximum absolute atomic E-state index is 12.8. The molecule has 4 nitrogen and oxygen atoms in total. The molecule has 0 aromatic heterocycles. The van der Waals surface area contributed by atoms with Gasteiger partial charge in [0.1, 0.15) is 0 Å². The molecule has 1 saturated carbocycles. The van der Waals surface area contributed by atoms with Crippen LogP contribution < -0.4 is 5.32 Å². The largest absolute Gasteiger partial charge is 0.324 e. The average Bonchev–Trinajstić information content (AvgIpc) is 2.85. The van der Waals surface area contributed by atoms with Crippen LogP contribution in [0.3, 0.4) is 0 Å². The van der Waals surface area contributed by atoms with E-state index in [4.69, 9.17) is 0 Å². The first-order valence-corrected chi connectivity index (χ1v) is 7.68. The first-order valence-electron chi connectivity index (χ1n) is 7.68. The van der Waals surface area contributed by atoms with Gasteiger partial charge < -0.3 is 9.80 Å². The van der Waals surface area contributed by atoms with Crippen molar-refractivity contribution >= 4 is 5.91 Å². The minimum absolute atomic E-state index is 0.216. The van der Waals surface area contributed by atoms with Crippen molar-refractivity contribution in [1.82, 2.24) is 15.1 Å². The second-order valence-electron chi connectivity index (χ2n) is 6.88. The highest BCUT2D eigenvalue weighted by Gasteiger charge is 2.51. The van der Waals surface area contributed by atoms with E-state index in [1.165, 1.54) is 12.8 Å². The smallest absolute Gasteiger partial charge is 0.244 e. The summed E-state index contributed by atoms with van der Waals surface area (Å²) in [6.07, 6.45) is 5.73. The summed E-state index contributed by atoms with van der Waals surface area (Å²) in [5, 5.41) is 3.68. The summed E-state index contributed by atoms with van der Waals surface area (Å²) in [4.78, 5) is 17.0. The number of carbonyl (C=O) groups is 1. The fourth-order valence-electron chi connectivity index (χ4n) is 3.41. The fourth-order valence-corrected chi connectivity index (χ4v) is 3.41. The van der Waals surface area contributed by atoms with Crippen LogP contribution in [-0.2, 0) is 4.79 Å². The van der Waals surface area contributed by atoms with E-state index in [2.05, 4.69) is 43.1 Å². The van der Waals surface area contributed by atoms with E-state index in [0.29, 0.717) is 11.8 Å². The highest BCUT2D eigenvalue weighted by molar-refractivity contribution is 5.89. The molecule has 1 amide bonds. The lowest BCUT2D eigenvalue weighted by atomic mass is 9.98. The third-order valence-corrected chi connectivity index (χ3v) is 4.43. The Balaban J connectivity index is 2.08. The van der Waals surface area contributed by atoms with Gasteiger partial charge in [-0.05, 0) is 39.3 Å². The average molecular weight is 267 g/mol. The predicted octanol–water partition coefficient (Wildman–Crippen LogP) is 1.66. The van der Waals surface area contributed by atoms with Crippen LogP contribution in [0.4, 0.5) is 0 Å². The molecule has 1 aliphatic carbocycles. The standard InChI is InChI=1S/C15H29N3O/c1-12(2)11-13-16-15(7-5-6-8-15)14(19)18(13)10-9-17(3)4/h12-13,16H,5-11H2,1-4H3. The van der Waals surface area contributed by atoms with Crippen molar-refractivity contribution in [3.63, 3.8) is 0 Å². The molecule has 0 radical (unpaired) electrons. The molecule has 1 N–H and O–H groups in total. The van der Waals surface area contributed by atoms with Gasteiger partial charge in [0.25, 0.3) is 0 Å². The lowest BCUT2D eigenvalue weighted by Crippen LogP contribution is -2.45. The van der Waals surface area contributed by atoms with Crippen LogP contribution in [0, 0.1) is 5.92 Å². The van der Waals surface area contributed by atoms with Crippen LogP contribution in [0.15, 0.2) is 0 Å². The molecule has 1 saturated heterocycles. The Bertz CT molecular complexity index is 321. The van der Waals surface area contributed by atoms with Crippen molar-refractivity contribution in [3.8, 4) is 0 Å². The van der Waals surface area contributed by atoms with Gasteiger partial charge in [-0.15, -0.1) is 0 Å². The normalized spacial score (nSPS) is 26.3. The first-order chi connectivity index (χ1) is 8.94. The van der Waals surface area contributed by atoms with E-state index in [-0.39, 0.29) is 11.7 Å². The van der Waals surface area contributed by atoms with Crippen LogP contribution >= 0.6 is 0 Å². The van der Waals surface area contributed by atoms with Crippen LogP contribution in [0.1, 0.15) is 46.0 Å². The number of hydrogen-bond acceptors (Lipinski definition) is 3. The Morgan fingerprint density at radius 2 is 2.00 bits per heavy atom. The molecule has 110 valence electrons. The lowest BCUT2D eigenvalue weighted by Gasteiger charge is -2.26. The molecular formula is C15H29N3O. The van der Waals surface area contributed by atoms with Crippen molar-refractivity contribution in [2.24, 2.45) is 5.92 Å². The number of hydrogen-bond donors (Lipinski definition) is 1. The van der Waals surface area contributed by atoms with Gasteiger partial charge >= 0.3 is 0 Å². The molecule has 1 aliphatic heterocycles. The minimum Gasteiger partial charge on any atom is -0.324 e. The Labute approximate surface area is 117 Å². The number of likely N-dealkylation sites (N-methyl/N-ethyl adjacent to an activating group) is 1. The van der Waals surface area contributed by atoms with Gasteiger partial charge in [0.15, 0.2) is 0 Å². The third-order valence-electron chi connectivity index (χ3n) is 4.43. The lowest BCUT2D eigenvalue weighted by molar-refractivity contribution is -0.133. The van der Waals surface area contributed by atoms with Crippen molar-refractivity contribution in [3.05, 3.63) is 0 Å². The zero-order valence-corrected chi connectivity index (χ0v) is 12.9. The van der Waals surface area contributed by atoms with Gasteiger partial charge in [-0.25, -0.2) is 0 Å². The fraction of sp³-hybridized carbons (Fsp3) is 0.933.